The number of ether oxygens (including phenoxy) is 1. The summed E-state index contributed by atoms with van der Waals surface area (Å²) >= 11 is 1.15. The van der Waals surface area contributed by atoms with Gasteiger partial charge in [-0.3, -0.25) is 4.79 Å². The van der Waals surface area contributed by atoms with Gasteiger partial charge in [0.05, 0.1) is 12.2 Å². The maximum absolute atomic E-state index is 13.0. The minimum atomic E-state index is -4.45. The van der Waals surface area contributed by atoms with Crippen molar-refractivity contribution in [2.75, 3.05) is 6.61 Å². The van der Waals surface area contributed by atoms with Crippen LogP contribution in [0.15, 0.2) is 69.9 Å². The first-order valence-corrected chi connectivity index (χ1v) is 12.1. The predicted octanol–water partition coefficient (Wildman–Crippen LogP) is 5.82. The topological polar surface area (TPSA) is 69.6 Å². The summed E-state index contributed by atoms with van der Waals surface area (Å²) in [7, 11) is 0. The van der Waals surface area contributed by atoms with Gasteiger partial charge in [0.1, 0.15) is 21.8 Å². The third-order valence-corrected chi connectivity index (χ3v) is 6.39. The van der Waals surface area contributed by atoms with E-state index in [1.165, 1.54) is 22.7 Å². The lowest BCUT2D eigenvalue weighted by atomic mass is 10.1. The van der Waals surface area contributed by atoms with Gasteiger partial charge in [0.2, 0.25) is 4.96 Å². The van der Waals surface area contributed by atoms with Crippen LogP contribution in [0.2, 0.25) is 0 Å². The van der Waals surface area contributed by atoms with Gasteiger partial charge in [0.15, 0.2) is 5.82 Å². The number of hydrogen-bond donors (Lipinski definition) is 0. The van der Waals surface area contributed by atoms with Gasteiger partial charge in [-0.05, 0) is 55.0 Å². The number of unbranched alkanes of at least 4 members (excludes halogenated alkanes) is 1. The van der Waals surface area contributed by atoms with Crippen LogP contribution in [0.1, 0.15) is 31.1 Å². The molecule has 3 heterocycles. The molecule has 0 fully saturated rings. The molecule has 36 heavy (non-hydrogen) atoms. The molecule has 0 aliphatic carbocycles. The number of halogens is 3. The molecule has 5 rings (SSSR count). The first kappa shape index (κ1) is 23.8. The number of rotatable bonds is 7. The summed E-state index contributed by atoms with van der Waals surface area (Å²) in [6, 6.07) is 15.4. The summed E-state index contributed by atoms with van der Waals surface area (Å²) in [5.74, 6) is 1.79. The summed E-state index contributed by atoms with van der Waals surface area (Å²) in [5.41, 5.74) is -0.0644. The lowest BCUT2D eigenvalue weighted by Gasteiger charge is -2.07. The maximum Gasteiger partial charge on any atom is 0.416 e. The molecule has 0 N–H and O–H groups in total. The Morgan fingerprint density at radius 3 is 2.61 bits per heavy atom. The second-order valence-electron chi connectivity index (χ2n) is 8.05. The molecule has 10 heteroatoms. The molecule has 0 radical (unpaired) electrons. The van der Waals surface area contributed by atoms with Crippen molar-refractivity contribution in [2.24, 2.45) is 0 Å². The van der Waals surface area contributed by atoms with Gasteiger partial charge in [0, 0.05) is 17.2 Å². The zero-order valence-electron chi connectivity index (χ0n) is 19.1. The lowest BCUT2D eigenvalue weighted by molar-refractivity contribution is -0.137. The van der Waals surface area contributed by atoms with E-state index in [-0.39, 0.29) is 11.3 Å². The smallest absolute Gasteiger partial charge is 0.416 e. The lowest BCUT2D eigenvalue weighted by Crippen LogP contribution is -2.23. The second-order valence-corrected chi connectivity index (χ2v) is 9.06. The van der Waals surface area contributed by atoms with Gasteiger partial charge in [0.25, 0.3) is 5.56 Å². The van der Waals surface area contributed by atoms with Crippen molar-refractivity contribution in [1.29, 1.82) is 0 Å². The Morgan fingerprint density at radius 1 is 1.08 bits per heavy atom. The van der Waals surface area contributed by atoms with Gasteiger partial charge in [-0.2, -0.15) is 22.7 Å². The predicted molar refractivity (Wildman–Crippen MR) is 131 cm³/mol. The highest BCUT2D eigenvalue weighted by atomic mass is 32.1. The average molecular weight is 512 g/mol. The number of thiazole rings is 1. The molecule has 0 aliphatic heterocycles. The van der Waals surface area contributed by atoms with Crippen molar-refractivity contribution in [3.63, 3.8) is 0 Å². The van der Waals surface area contributed by atoms with Crippen LogP contribution in [-0.4, -0.2) is 21.2 Å². The van der Waals surface area contributed by atoms with Crippen LogP contribution in [0.5, 0.6) is 5.75 Å². The van der Waals surface area contributed by atoms with E-state index >= 15 is 0 Å². The van der Waals surface area contributed by atoms with Crippen molar-refractivity contribution in [2.45, 2.75) is 25.9 Å². The molecule has 2 aromatic carbocycles. The molecular weight excluding hydrogens is 491 g/mol. The minimum absolute atomic E-state index is 0.267. The second kappa shape index (κ2) is 9.62. The molecule has 3 aromatic heterocycles. The quantitative estimate of drug-likeness (QED) is 0.258. The van der Waals surface area contributed by atoms with E-state index in [4.69, 9.17) is 9.15 Å². The average Bonchev–Trinajstić information content (AvgIpc) is 3.57. The van der Waals surface area contributed by atoms with Crippen molar-refractivity contribution >= 4 is 22.4 Å². The van der Waals surface area contributed by atoms with Gasteiger partial charge in [-0.1, -0.05) is 36.8 Å². The van der Waals surface area contributed by atoms with Gasteiger partial charge < -0.3 is 9.15 Å². The largest absolute Gasteiger partial charge is 0.494 e. The van der Waals surface area contributed by atoms with Gasteiger partial charge in [-0.25, -0.2) is 0 Å². The molecule has 0 atom stereocenters. The van der Waals surface area contributed by atoms with Crippen LogP contribution in [0, 0.1) is 0 Å². The molecule has 0 aliphatic rings. The van der Waals surface area contributed by atoms with E-state index in [9.17, 15) is 18.0 Å². The normalized spacial score (nSPS) is 12.5. The zero-order chi connectivity index (χ0) is 25.3. The number of benzene rings is 2. The van der Waals surface area contributed by atoms with Gasteiger partial charge >= 0.3 is 6.18 Å². The summed E-state index contributed by atoms with van der Waals surface area (Å²) in [5, 5.41) is 4.34. The zero-order valence-corrected chi connectivity index (χ0v) is 19.9. The summed E-state index contributed by atoms with van der Waals surface area (Å²) in [4.78, 5) is 17.8. The maximum atomic E-state index is 13.0. The van der Waals surface area contributed by atoms with Crippen LogP contribution < -0.4 is 14.8 Å². The standard InChI is InChI=1S/C26H20F3N3O3S/c1-2-3-13-34-19-9-7-16(8-10-19)23-30-25-32(31-23)24(33)22(36-25)15-20-11-12-21(35-20)17-5-4-6-18(14-17)26(27,28)29/h4-12,14-15H,2-3,13H2,1H3/b22-15+. The summed E-state index contributed by atoms with van der Waals surface area (Å²) in [6.45, 7) is 2.76. The molecule has 0 amide bonds. The Bertz CT molecular complexity index is 1620. The first-order valence-electron chi connectivity index (χ1n) is 11.2. The van der Waals surface area contributed by atoms with E-state index in [2.05, 4.69) is 17.0 Å². The van der Waals surface area contributed by atoms with Crippen molar-refractivity contribution in [3.05, 3.63) is 86.9 Å². The number of alkyl halides is 3. The number of aromatic nitrogens is 3. The Hall–Kier alpha value is -3.92. The SMILES string of the molecule is CCCCOc1ccc(-c2nc3s/c(=C/c4ccc(-c5cccc(C(F)(F)F)c5)o4)c(=O)n3n2)cc1. The Kier molecular flexibility index (Phi) is 6.36. The highest BCUT2D eigenvalue weighted by Gasteiger charge is 2.30. The third-order valence-electron chi connectivity index (χ3n) is 5.44. The molecule has 5 aromatic rings. The highest BCUT2D eigenvalue weighted by Crippen LogP contribution is 2.32. The van der Waals surface area contributed by atoms with Crippen molar-refractivity contribution in [1.82, 2.24) is 14.6 Å². The molecular formula is C26H20F3N3O3S. The van der Waals surface area contributed by atoms with Crippen LogP contribution in [0.3, 0.4) is 0 Å². The van der Waals surface area contributed by atoms with Crippen LogP contribution in [0.4, 0.5) is 13.2 Å². The first-order chi connectivity index (χ1) is 17.3. The van der Waals surface area contributed by atoms with Crippen LogP contribution in [0.25, 0.3) is 33.7 Å². The third kappa shape index (κ3) is 4.90. The van der Waals surface area contributed by atoms with Crippen molar-refractivity contribution in [3.8, 4) is 28.5 Å². The fourth-order valence-electron chi connectivity index (χ4n) is 3.55. The van der Waals surface area contributed by atoms with Crippen LogP contribution >= 0.6 is 11.3 Å². The molecule has 184 valence electrons. The minimum Gasteiger partial charge on any atom is -0.494 e. The van der Waals surface area contributed by atoms with E-state index in [1.54, 1.807) is 12.1 Å². The fraction of sp³-hybridized carbons (Fsp3) is 0.192. The Labute approximate surface area is 207 Å². The van der Waals surface area contributed by atoms with E-state index in [0.29, 0.717) is 33.2 Å². The number of fused-ring (bicyclic) bond motifs is 1. The fourth-order valence-corrected chi connectivity index (χ4v) is 4.44. The molecule has 0 saturated carbocycles. The number of furan rings is 1. The van der Waals surface area contributed by atoms with E-state index < -0.39 is 11.7 Å². The molecule has 6 nitrogen and oxygen atoms in total. The Balaban J connectivity index is 1.39. The number of nitrogens with zero attached hydrogens (tertiary/aromatic N) is 3. The molecule has 0 unspecified atom stereocenters. The van der Waals surface area contributed by atoms with Gasteiger partial charge in [-0.15, -0.1) is 5.10 Å². The number of hydrogen-bond acceptors (Lipinski definition) is 6. The monoisotopic (exact) mass is 511 g/mol. The molecule has 0 bridgehead atoms. The molecule has 0 saturated heterocycles. The van der Waals surface area contributed by atoms with E-state index in [0.717, 1.165) is 47.6 Å². The molecule has 0 spiro atoms. The Morgan fingerprint density at radius 2 is 1.89 bits per heavy atom. The summed E-state index contributed by atoms with van der Waals surface area (Å²) < 4.78 is 52.0. The summed E-state index contributed by atoms with van der Waals surface area (Å²) in [6.07, 6.45) is -0.877. The van der Waals surface area contributed by atoms with Crippen molar-refractivity contribution < 1.29 is 22.3 Å². The van der Waals surface area contributed by atoms with E-state index in [1.807, 2.05) is 24.3 Å². The van der Waals surface area contributed by atoms with Crippen LogP contribution in [-0.2, 0) is 6.18 Å². The highest BCUT2D eigenvalue weighted by molar-refractivity contribution is 7.15.